The van der Waals surface area contributed by atoms with Crippen molar-refractivity contribution in [3.63, 3.8) is 0 Å². The zero-order valence-electron chi connectivity index (χ0n) is 8.34. The van der Waals surface area contributed by atoms with E-state index in [9.17, 15) is 4.39 Å². The molecule has 1 fully saturated rings. The van der Waals surface area contributed by atoms with Gasteiger partial charge in [-0.1, -0.05) is 17.7 Å². The van der Waals surface area contributed by atoms with Gasteiger partial charge in [-0.05, 0) is 25.0 Å². The average Bonchev–Trinajstić information content (AvgIpc) is 2.99. The zero-order chi connectivity index (χ0) is 10.8. The molecule has 4 heteroatoms. The quantitative estimate of drug-likeness (QED) is 0.830. The topological polar surface area (TPSA) is 38.0 Å². The molecule has 0 amide bonds. The van der Waals surface area contributed by atoms with Crippen LogP contribution in [0.15, 0.2) is 18.2 Å². The van der Waals surface area contributed by atoms with Crippen LogP contribution < -0.4 is 11.1 Å². The molecule has 0 saturated heterocycles. The minimum absolute atomic E-state index is 0.175. The van der Waals surface area contributed by atoms with Gasteiger partial charge in [-0.2, -0.15) is 0 Å². The number of nitrogens with one attached hydrogen (secondary N) is 1. The van der Waals surface area contributed by atoms with Crippen molar-refractivity contribution in [3.8, 4) is 0 Å². The summed E-state index contributed by atoms with van der Waals surface area (Å²) >= 11 is 5.97. The monoisotopic (exact) mass is 228 g/mol. The number of rotatable bonds is 4. The largest absolute Gasteiger partial charge is 0.329 e. The minimum Gasteiger partial charge on any atom is -0.329 e. The first-order valence-corrected chi connectivity index (χ1v) is 5.50. The van der Waals surface area contributed by atoms with Gasteiger partial charge in [0, 0.05) is 29.2 Å². The highest BCUT2D eigenvalue weighted by Gasteiger charge is 2.27. The molecule has 0 aromatic heterocycles. The lowest BCUT2D eigenvalue weighted by molar-refractivity contribution is 0.504. The van der Waals surface area contributed by atoms with E-state index in [1.54, 1.807) is 12.1 Å². The molecule has 1 aliphatic carbocycles. The van der Waals surface area contributed by atoms with Gasteiger partial charge < -0.3 is 11.1 Å². The third-order valence-corrected chi connectivity index (χ3v) is 2.93. The van der Waals surface area contributed by atoms with Crippen molar-refractivity contribution < 1.29 is 4.39 Å². The summed E-state index contributed by atoms with van der Waals surface area (Å²) in [7, 11) is 0. The molecular weight excluding hydrogens is 215 g/mol. The normalized spacial score (nSPS) is 17.8. The van der Waals surface area contributed by atoms with Crippen LogP contribution >= 0.6 is 11.6 Å². The van der Waals surface area contributed by atoms with E-state index < -0.39 is 0 Å². The number of hydrogen-bond donors (Lipinski definition) is 2. The predicted octanol–water partition coefficient (Wildman–Crippen LogP) is 2.23. The molecule has 2 rings (SSSR count). The molecule has 1 unspecified atom stereocenters. The molecule has 15 heavy (non-hydrogen) atoms. The summed E-state index contributed by atoms with van der Waals surface area (Å²) in [5.74, 6) is -0.286. The predicted molar refractivity (Wildman–Crippen MR) is 59.4 cm³/mol. The van der Waals surface area contributed by atoms with Crippen LogP contribution in [0, 0.1) is 5.82 Å². The molecule has 82 valence electrons. The second kappa shape index (κ2) is 4.47. The van der Waals surface area contributed by atoms with Gasteiger partial charge in [0.15, 0.2) is 0 Å². The number of nitrogens with two attached hydrogens (primary N) is 1. The molecule has 3 N–H and O–H groups in total. The van der Waals surface area contributed by atoms with Crippen molar-refractivity contribution in [3.05, 3.63) is 34.6 Å². The van der Waals surface area contributed by atoms with E-state index in [2.05, 4.69) is 5.32 Å². The van der Waals surface area contributed by atoms with Gasteiger partial charge in [0.25, 0.3) is 0 Å². The average molecular weight is 229 g/mol. The van der Waals surface area contributed by atoms with Crippen LogP contribution in [0.5, 0.6) is 0 Å². The lowest BCUT2D eigenvalue weighted by atomic mass is 10.1. The van der Waals surface area contributed by atoms with Gasteiger partial charge in [0.2, 0.25) is 0 Å². The van der Waals surface area contributed by atoms with E-state index in [1.807, 2.05) is 0 Å². The summed E-state index contributed by atoms with van der Waals surface area (Å²) in [6.07, 6.45) is 2.28. The Hall–Kier alpha value is -0.640. The van der Waals surface area contributed by atoms with Crippen molar-refractivity contribution in [2.24, 2.45) is 5.73 Å². The fraction of sp³-hybridized carbons (Fsp3) is 0.455. The molecule has 0 heterocycles. The Bertz CT molecular complexity index is 332. The Morgan fingerprint density at radius 2 is 2.27 bits per heavy atom. The molecular formula is C11H14ClFN2. The third kappa shape index (κ3) is 2.48. The van der Waals surface area contributed by atoms with E-state index in [1.165, 1.54) is 6.07 Å². The summed E-state index contributed by atoms with van der Waals surface area (Å²) in [5.41, 5.74) is 6.12. The molecule has 0 aliphatic heterocycles. The fourth-order valence-corrected chi connectivity index (χ4v) is 1.94. The maximum Gasteiger partial charge on any atom is 0.129 e. The van der Waals surface area contributed by atoms with E-state index >= 15 is 0 Å². The van der Waals surface area contributed by atoms with Gasteiger partial charge in [-0.3, -0.25) is 0 Å². The Morgan fingerprint density at radius 1 is 1.53 bits per heavy atom. The molecule has 0 bridgehead atoms. The van der Waals surface area contributed by atoms with Crippen LogP contribution in [-0.2, 0) is 0 Å². The maximum atomic E-state index is 13.6. The molecule has 2 nitrogen and oxygen atoms in total. The lowest BCUT2D eigenvalue weighted by Gasteiger charge is -2.18. The number of benzene rings is 1. The molecule has 1 aromatic carbocycles. The first-order chi connectivity index (χ1) is 7.22. The van der Waals surface area contributed by atoms with Gasteiger partial charge in [-0.15, -0.1) is 0 Å². The standard InChI is InChI=1S/C11H14ClFN2/c12-8-2-1-3-9(13)11(8)10(6-14)15-7-4-5-7/h1-3,7,10,15H,4-6,14H2. The van der Waals surface area contributed by atoms with Gasteiger partial charge in [0.05, 0.1) is 0 Å². The molecule has 1 aliphatic rings. The van der Waals surface area contributed by atoms with Crippen molar-refractivity contribution in [1.82, 2.24) is 5.32 Å². The second-order valence-corrected chi connectivity index (χ2v) is 4.27. The summed E-state index contributed by atoms with van der Waals surface area (Å²) in [6.45, 7) is 0.358. The van der Waals surface area contributed by atoms with Crippen LogP contribution in [0.3, 0.4) is 0 Å². The lowest BCUT2D eigenvalue weighted by Crippen LogP contribution is -2.30. The summed E-state index contributed by atoms with van der Waals surface area (Å²) in [4.78, 5) is 0. The first-order valence-electron chi connectivity index (χ1n) is 5.12. The van der Waals surface area contributed by atoms with Crippen molar-refractivity contribution in [2.45, 2.75) is 24.9 Å². The highest BCUT2D eigenvalue weighted by atomic mass is 35.5. The highest BCUT2D eigenvalue weighted by molar-refractivity contribution is 6.31. The Kier molecular flexibility index (Phi) is 3.24. The van der Waals surface area contributed by atoms with E-state index in [4.69, 9.17) is 17.3 Å². The molecule has 1 saturated carbocycles. The Labute approximate surface area is 93.6 Å². The van der Waals surface area contributed by atoms with E-state index in [-0.39, 0.29) is 11.9 Å². The number of halogens is 2. The molecule has 0 radical (unpaired) electrons. The van der Waals surface area contributed by atoms with Crippen molar-refractivity contribution in [1.29, 1.82) is 0 Å². The van der Waals surface area contributed by atoms with Crippen LogP contribution in [-0.4, -0.2) is 12.6 Å². The van der Waals surface area contributed by atoms with Crippen molar-refractivity contribution in [2.75, 3.05) is 6.54 Å². The Morgan fingerprint density at radius 3 is 2.80 bits per heavy atom. The van der Waals surface area contributed by atoms with Gasteiger partial charge in [-0.25, -0.2) is 4.39 Å². The first kappa shape index (κ1) is 10.9. The fourth-order valence-electron chi connectivity index (χ4n) is 1.65. The molecule has 1 aromatic rings. The van der Waals surface area contributed by atoms with Gasteiger partial charge >= 0.3 is 0 Å². The maximum absolute atomic E-state index is 13.6. The smallest absolute Gasteiger partial charge is 0.129 e. The van der Waals surface area contributed by atoms with E-state index in [0.29, 0.717) is 23.2 Å². The van der Waals surface area contributed by atoms with Crippen LogP contribution in [0.1, 0.15) is 24.4 Å². The third-order valence-electron chi connectivity index (χ3n) is 2.60. The summed E-state index contributed by atoms with van der Waals surface area (Å²) in [5, 5.41) is 3.73. The number of hydrogen-bond acceptors (Lipinski definition) is 2. The summed E-state index contributed by atoms with van der Waals surface area (Å²) in [6, 6.07) is 5.02. The molecule has 0 spiro atoms. The van der Waals surface area contributed by atoms with Crippen molar-refractivity contribution >= 4 is 11.6 Å². The molecule has 1 atom stereocenters. The van der Waals surface area contributed by atoms with E-state index in [0.717, 1.165) is 12.8 Å². The highest BCUT2D eigenvalue weighted by Crippen LogP contribution is 2.29. The van der Waals surface area contributed by atoms with Crippen LogP contribution in [0.2, 0.25) is 5.02 Å². The Balaban J connectivity index is 2.23. The SMILES string of the molecule is NCC(NC1CC1)c1c(F)cccc1Cl. The van der Waals surface area contributed by atoms with Crippen LogP contribution in [0.4, 0.5) is 4.39 Å². The summed E-state index contributed by atoms with van der Waals surface area (Å²) < 4.78 is 13.6. The minimum atomic E-state index is -0.286. The zero-order valence-corrected chi connectivity index (χ0v) is 9.10. The van der Waals surface area contributed by atoms with Crippen LogP contribution in [0.25, 0.3) is 0 Å². The van der Waals surface area contributed by atoms with Gasteiger partial charge in [0.1, 0.15) is 5.82 Å². The second-order valence-electron chi connectivity index (χ2n) is 3.86.